The van der Waals surface area contributed by atoms with E-state index in [1.165, 1.54) is 24.3 Å². The normalized spacial score (nSPS) is 10.8. The molecule has 2 aromatic carbocycles. The lowest BCUT2D eigenvalue weighted by molar-refractivity contribution is -0.384. The molecule has 1 aromatic heterocycles. The molecule has 11 heteroatoms. The van der Waals surface area contributed by atoms with E-state index in [9.17, 15) is 20.0 Å². The molecule has 0 saturated heterocycles. The van der Waals surface area contributed by atoms with Gasteiger partial charge in [-0.2, -0.15) is 9.97 Å². The van der Waals surface area contributed by atoms with Gasteiger partial charge in [0.2, 0.25) is 5.82 Å². The average molecular weight is 394 g/mol. The maximum Gasteiger partial charge on any atom is 0.381 e. The van der Waals surface area contributed by atoms with E-state index in [4.69, 9.17) is 4.74 Å². The van der Waals surface area contributed by atoms with E-state index < -0.39 is 10.9 Å². The minimum absolute atomic E-state index is 0.0965. The number of aryl methyl sites for hydroxylation is 2. The number of esters is 1. The van der Waals surface area contributed by atoms with Crippen LogP contribution in [0.5, 0.6) is 11.5 Å². The number of carbonyl (C=O) groups is 1. The van der Waals surface area contributed by atoms with Crippen molar-refractivity contribution in [1.82, 2.24) is 15.0 Å². The smallest absolute Gasteiger partial charge is 0.381 e. The highest BCUT2D eigenvalue weighted by atomic mass is 16.6. The third kappa shape index (κ3) is 4.71. The van der Waals surface area contributed by atoms with E-state index in [0.29, 0.717) is 16.8 Å². The zero-order chi connectivity index (χ0) is 21.0. The topological polar surface area (TPSA) is 153 Å². The largest absolute Gasteiger partial charge is 0.507 e. The van der Waals surface area contributed by atoms with Gasteiger partial charge in [0.25, 0.3) is 11.6 Å². The monoisotopic (exact) mass is 394 g/mol. The number of phenols is 1. The number of aromatic hydroxyl groups is 1. The van der Waals surface area contributed by atoms with Gasteiger partial charge in [-0.1, -0.05) is 0 Å². The molecule has 29 heavy (non-hydrogen) atoms. The van der Waals surface area contributed by atoms with Crippen molar-refractivity contribution in [2.75, 3.05) is 0 Å². The van der Waals surface area contributed by atoms with Gasteiger partial charge in [-0.25, -0.2) is 9.78 Å². The molecule has 0 spiro atoms. The molecule has 1 heterocycles. The first-order valence-electron chi connectivity index (χ1n) is 8.21. The Kier molecular flexibility index (Phi) is 5.49. The molecule has 3 aromatic rings. The van der Waals surface area contributed by atoms with Gasteiger partial charge < -0.3 is 9.84 Å². The number of carbonyl (C=O) groups excluding carboxylic acids is 1. The lowest BCUT2D eigenvalue weighted by Gasteiger charge is -2.04. The molecule has 0 bridgehead atoms. The first-order chi connectivity index (χ1) is 13.8. The van der Waals surface area contributed by atoms with Crippen LogP contribution in [0.2, 0.25) is 0 Å². The molecular formula is C18H14N6O5. The summed E-state index contributed by atoms with van der Waals surface area (Å²) in [6.07, 6.45) is 1.08. The Morgan fingerprint density at radius 2 is 1.76 bits per heavy atom. The fourth-order valence-corrected chi connectivity index (χ4v) is 2.32. The minimum atomic E-state index is -0.881. The number of nitro benzene ring substituents is 1. The zero-order valence-electron chi connectivity index (χ0n) is 15.3. The Bertz CT molecular complexity index is 1090. The van der Waals surface area contributed by atoms with Gasteiger partial charge in [0.1, 0.15) is 17.8 Å². The van der Waals surface area contributed by atoms with E-state index >= 15 is 0 Å². The molecule has 0 amide bonds. The van der Waals surface area contributed by atoms with Crippen molar-refractivity contribution in [3.8, 4) is 11.5 Å². The van der Waals surface area contributed by atoms with Crippen LogP contribution in [0.25, 0.3) is 0 Å². The number of nitrogens with zero attached hydrogens (tertiary/aromatic N) is 6. The van der Waals surface area contributed by atoms with Gasteiger partial charge in [-0.3, -0.25) is 10.1 Å². The second-order valence-corrected chi connectivity index (χ2v) is 5.88. The van der Waals surface area contributed by atoms with Crippen LogP contribution < -0.4 is 4.74 Å². The number of hydrogen-bond donors (Lipinski definition) is 1. The summed E-state index contributed by atoms with van der Waals surface area (Å²) in [5.41, 5.74) is 1.63. The molecule has 0 radical (unpaired) electrons. The highest BCUT2D eigenvalue weighted by molar-refractivity contribution is 5.87. The second kappa shape index (κ2) is 8.17. The third-order valence-corrected chi connectivity index (χ3v) is 3.73. The standard InChI is InChI=1S/C18H14N6O5/c1-10-7-12(8-11(2)15(10)25)22-23-18-20-9-19-16(21-18)17(26)29-14-5-3-13(4-6-14)24(27)28/h3-9,25H,1-2H3/b23-22+. The van der Waals surface area contributed by atoms with E-state index in [-0.39, 0.29) is 29.0 Å². The number of benzene rings is 2. The van der Waals surface area contributed by atoms with Crippen molar-refractivity contribution < 1.29 is 19.6 Å². The second-order valence-electron chi connectivity index (χ2n) is 5.88. The summed E-state index contributed by atoms with van der Waals surface area (Å²) >= 11 is 0. The molecule has 0 aliphatic rings. The first-order valence-corrected chi connectivity index (χ1v) is 8.21. The molecule has 146 valence electrons. The van der Waals surface area contributed by atoms with Crippen LogP contribution in [-0.2, 0) is 0 Å². The number of ether oxygens (including phenoxy) is 1. The summed E-state index contributed by atoms with van der Waals surface area (Å²) in [7, 11) is 0. The molecule has 3 rings (SSSR count). The fourth-order valence-electron chi connectivity index (χ4n) is 2.32. The molecule has 11 nitrogen and oxygen atoms in total. The fraction of sp³-hybridized carbons (Fsp3) is 0.111. The predicted octanol–water partition coefficient (Wildman–Crippen LogP) is 3.74. The lowest BCUT2D eigenvalue weighted by Crippen LogP contribution is -2.13. The Hall–Kier alpha value is -4.28. The van der Waals surface area contributed by atoms with E-state index in [1.807, 2.05) is 0 Å². The van der Waals surface area contributed by atoms with Gasteiger partial charge in [0, 0.05) is 12.1 Å². The van der Waals surface area contributed by atoms with E-state index in [2.05, 4.69) is 25.2 Å². The van der Waals surface area contributed by atoms with Crippen molar-refractivity contribution in [3.63, 3.8) is 0 Å². The van der Waals surface area contributed by atoms with Gasteiger partial charge >= 0.3 is 5.97 Å². The highest BCUT2D eigenvalue weighted by Gasteiger charge is 2.14. The quantitative estimate of drug-likeness (QED) is 0.226. The molecule has 0 atom stereocenters. The summed E-state index contributed by atoms with van der Waals surface area (Å²) in [6, 6.07) is 8.25. The van der Waals surface area contributed by atoms with Crippen LogP contribution in [0.3, 0.4) is 0 Å². The SMILES string of the molecule is Cc1cc(/N=N/c2ncnc(C(=O)Oc3ccc([N+](=O)[O-])cc3)n2)cc(C)c1O. The molecule has 0 aliphatic heterocycles. The Labute approximate surface area is 163 Å². The predicted molar refractivity (Wildman–Crippen MR) is 99.6 cm³/mol. The van der Waals surface area contributed by atoms with Crippen LogP contribution in [0.15, 0.2) is 53.0 Å². The zero-order valence-corrected chi connectivity index (χ0v) is 15.3. The van der Waals surface area contributed by atoms with Gasteiger partial charge in [-0.05, 0) is 49.2 Å². The van der Waals surface area contributed by atoms with Crippen molar-refractivity contribution >= 4 is 23.3 Å². The summed E-state index contributed by atoms with van der Waals surface area (Å²) in [5.74, 6) is -1.02. The number of hydrogen-bond acceptors (Lipinski definition) is 10. The van der Waals surface area contributed by atoms with Gasteiger partial charge in [0.15, 0.2) is 0 Å². The van der Waals surface area contributed by atoms with Gasteiger partial charge in [0.05, 0.1) is 10.6 Å². The van der Waals surface area contributed by atoms with Crippen LogP contribution >= 0.6 is 0 Å². The number of aromatic nitrogens is 3. The molecule has 1 N–H and O–H groups in total. The number of rotatable bonds is 5. The van der Waals surface area contributed by atoms with Crippen molar-refractivity contribution in [2.24, 2.45) is 10.2 Å². The van der Waals surface area contributed by atoms with Crippen molar-refractivity contribution in [1.29, 1.82) is 0 Å². The summed E-state index contributed by atoms with van der Waals surface area (Å²) in [4.78, 5) is 33.7. The lowest BCUT2D eigenvalue weighted by atomic mass is 10.1. The van der Waals surface area contributed by atoms with E-state index in [0.717, 1.165) is 6.33 Å². The summed E-state index contributed by atoms with van der Waals surface area (Å²) in [6.45, 7) is 3.47. The summed E-state index contributed by atoms with van der Waals surface area (Å²) < 4.78 is 5.08. The number of nitro groups is 1. The molecule has 0 saturated carbocycles. The summed E-state index contributed by atoms with van der Waals surface area (Å²) in [5, 5.41) is 28.3. The van der Waals surface area contributed by atoms with Gasteiger partial charge in [-0.15, -0.1) is 10.2 Å². The average Bonchev–Trinajstić information content (AvgIpc) is 2.71. The molecular weight excluding hydrogens is 380 g/mol. The molecule has 0 fully saturated rings. The molecule has 0 aliphatic carbocycles. The maximum atomic E-state index is 12.2. The number of azo groups is 1. The molecule has 0 unspecified atom stereocenters. The van der Waals surface area contributed by atoms with Crippen molar-refractivity contribution in [3.05, 3.63) is 69.8 Å². The third-order valence-electron chi connectivity index (χ3n) is 3.73. The Morgan fingerprint density at radius 1 is 1.10 bits per heavy atom. The number of non-ortho nitro benzene ring substituents is 1. The Balaban J connectivity index is 1.75. The first kappa shape index (κ1) is 19.5. The highest BCUT2D eigenvalue weighted by Crippen LogP contribution is 2.28. The van der Waals surface area contributed by atoms with Crippen LogP contribution in [0.4, 0.5) is 17.3 Å². The Morgan fingerprint density at radius 3 is 2.38 bits per heavy atom. The number of phenolic OH excluding ortho intramolecular Hbond substituents is 1. The van der Waals surface area contributed by atoms with Crippen LogP contribution in [0.1, 0.15) is 21.7 Å². The van der Waals surface area contributed by atoms with Crippen LogP contribution in [0, 0.1) is 24.0 Å². The van der Waals surface area contributed by atoms with Crippen LogP contribution in [-0.4, -0.2) is 31.0 Å². The maximum absolute atomic E-state index is 12.2. The van der Waals surface area contributed by atoms with Crippen molar-refractivity contribution in [2.45, 2.75) is 13.8 Å². The minimum Gasteiger partial charge on any atom is -0.507 e. The van der Waals surface area contributed by atoms with E-state index in [1.54, 1.807) is 26.0 Å².